The van der Waals surface area contributed by atoms with Gasteiger partial charge in [-0.1, -0.05) is 72.8 Å². The van der Waals surface area contributed by atoms with E-state index in [4.69, 9.17) is 5.73 Å². The number of nitrogens with one attached hydrogen (secondary N) is 2. The molecule has 4 rings (SSSR count). The highest BCUT2D eigenvalue weighted by Gasteiger charge is 2.50. The van der Waals surface area contributed by atoms with Gasteiger partial charge in [-0.3, -0.25) is 9.69 Å². The monoisotopic (exact) mass is 459 g/mol. The molecular weight excluding hydrogens is 433 g/mol. The van der Waals surface area contributed by atoms with Crippen molar-refractivity contribution in [1.29, 1.82) is 0 Å². The van der Waals surface area contributed by atoms with Gasteiger partial charge in [-0.05, 0) is 36.1 Å². The molecule has 0 fully saturated rings. The number of aliphatic imine (C=N–C) groups is 1. The fourth-order valence-corrected chi connectivity index (χ4v) is 4.02. The largest absolute Gasteiger partial charge is 0.369 e. The van der Waals surface area contributed by atoms with Gasteiger partial charge >= 0.3 is 6.03 Å². The summed E-state index contributed by atoms with van der Waals surface area (Å²) in [5, 5.41) is 5.17. The molecule has 3 aromatic rings. The fourth-order valence-electron chi connectivity index (χ4n) is 4.02. The smallest absolute Gasteiger partial charge is 0.319 e. The fraction of sp³-hybridized carbons (Fsp3) is 0.192. The Morgan fingerprint density at radius 3 is 2.12 bits per heavy atom. The number of halogens is 1. The van der Waals surface area contributed by atoms with Gasteiger partial charge in [-0.2, -0.15) is 0 Å². The molecule has 0 unspecified atom stereocenters. The molecule has 0 bridgehead atoms. The molecule has 3 amide bonds. The van der Waals surface area contributed by atoms with Crippen molar-refractivity contribution in [3.8, 4) is 0 Å². The number of benzene rings is 3. The quantitative estimate of drug-likeness (QED) is 0.447. The van der Waals surface area contributed by atoms with Crippen LogP contribution < -0.4 is 16.4 Å². The topological polar surface area (TPSA) is 99.8 Å². The predicted octanol–water partition coefficient (Wildman–Crippen LogP) is 3.83. The maximum absolute atomic E-state index is 13.7. The summed E-state index contributed by atoms with van der Waals surface area (Å²) in [4.78, 5) is 31.8. The molecule has 8 heteroatoms. The molecule has 0 atom stereocenters. The first-order chi connectivity index (χ1) is 16.5. The number of carbonyl (C=O) groups excluding carboxylic acids is 2. The first-order valence-electron chi connectivity index (χ1n) is 11.1. The van der Waals surface area contributed by atoms with Crippen LogP contribution >= 0.6 is 0 Å². The van der Waals surface area contributed by atoms with Gasteiger partial charge in [-0.25, -0.2) is 14.2 Å². The minimum Gasteiger partial charge on any atom is -0.369 e. The lowest BCUT2D eigenvalue weighted by Crippen LogP contribution is -2.44. The first-order valence-corrected chi connectivity index (χ1v) is 11.1. The predicted molar refractivity (Wildman–Crippen MR) is 130 cm³/mol. The molecule has 0 spiro atoms. The number of guanidine groups is 1. The SMILES string of the molecule is NC1=NC(c2ccccc2)(c2ccccc2)C(=O)N1CCCCNC(=O)Nc1ccccc1F. The lowest BCUT2D eigenvalue weighted by molar-refractivity contribution is -0.130. The van der Waals surface area contributed by atoms with E-state index in [2.05, 4.69) is 15.6 Å². The Kier molecular flexibility index (Phi) is 6.87. The van der Waals surface area contributed by atoms with Crippen molar-refractivity contribution >= 4 is 23.6 Å². The third-order valence-corrected chi connectivity index (χ3v) is 5.71. The second-order valence-corrected chi connectivity index (χ2v) is 7.94. The first kappa shape index (κ1) is 23.0. The van der Waals surface area contributed by atoms with Crippen molar-refractivity contribution in [2.45, 2.75) is 18.4 Å². The number of unbranched alkanes of at least 4 members (excludes halogenated alkanes) is 1. The zero-order valence-corrected chi connectivity index (χ0v) is 18.6. The molecule has 1 heterocycles. The minimum atomic E-state index is -1.22. The minimum absolute atomic E-state index is 0.116. The van der Waals surface area contributed by atoms with Crippen LogP contribution in [0.4, 0.5) is 14.9 Å². The van der Waals surface area contributed by atoms with E-state index in [-0.39, 0.29) is 17.6 Å². The zero-order chi connectivity index (χ0) is 24.0. The number of urea groups is 1. The van der Waals surface area contributed by atoms with Gasteiger partial charge in [0.05, 0.1) is 5.69 Å². The number of rotatable bonds is 8. The van der Waals surface area contributed by atoms with Crippen molar-refractivity contribution in [3.63, 3.8) is 0 Å². The van der Waals surface area contributed by atoms with Gasteiger partial charge in [0.25, 0.3) is 5.91 Å². The van der Waals surface area contributed by atoms with E-state index in [1.54, 1.807) is 12.1 Å². The highest BCUT2D eigenvalue weighted by atomic mass is 19.1. The van der Waals surface area contributed by atoms with E-state index >= 15 is 0 Å². The lowest BCUT2D eigenvalue weighted by Gasteiger charge is -2.27. The standard InChI is InChI=1S/C26H26FN5O2/c27-21-15-7-8-16-22(21)30-25(34)29-17-9-10-18-32-23(33)26(31-24(32)28,19-11-3-1-4-12-19)20-13-5-2-6-14-20/h1-8,11-16H,9-10,17-18H2,(H2,28,31)(H2,29,30,34). The van der Waals surface area contributed by atoms with E-state index in [0.29, 0.717) is 25.9 Å². The second-order valence-electron chi connectivity index (χ2n) is 7.94. The Morgan fingerprint density at radius 2 is 1.50 bits per heavy atom. The summed E-state index contributed by atoms with van der Waals surface area (Å²) >= 11 is 0. The molecule has 0 saturated heterocycles. The molecule has 1 aliphatic rings. The van der Waals surface area contributed by atoms with Crippen LogP contribution in [0.3, 0.4) is 0 Å². The Hall–Kier alpha value is -4.20. The third kappa shape index (κ3) is 4.61. The van der Waals surface area contributed by atoms with E-state index < -0.39 is 17.4 Å². The number of carbonyl (C=O) groups is 2. The maximum Gasteiger partial charge on any atom is 0.319 e. The summed E-state index contributed by atoms with van der Waals surface area (Å²) in [6.45, 7) is 0.730. The summed E-state index contributed by atoms with van der Waals surface area (Å²) < 4.78 is 13.6. The van der Waals surface area contributed by atoms with Crippen LogP contribution in [0.5, 0.6) is 0 Å². The van der Waals surface area contributed by atoms with Crippen LogP contribution in [0.25, 0.3) is 0 Å². The maximum atomic E-state index is 13.7. The molecule has 34 heavy (non-hydrogen) atoms. The zero-order valence-electron chi connectivity index (χ0n) is 18.6. The van der Waals surface area contributed by atoms with E-state index in [1.807, 2.05) is 60.7 Å². The number of nitrogens with zero attached hydrogens (tertiary/aromatic N) is 2. The van der Waals surface area contributed by atoms with Crippen molar-refractivity contribution in [2.75, 3.05) is 18.4 Å². The van der Waals surface area contributed by atoms with Gasteiger partial charge in [0.2, 0.25) is 0 Å². The number of hydrogen-bond acceptors (Lipinski definition) is 4. The molecule has 3 aromatic carbocycles. The number of hydrogen-bond donors (Lipinski definition) is 3. The average molecular weight is 460 g/mol. The van der Waals surface area contributed by atoms with Crippen molar-refractivity contribution in [1.82, 2.24) is 10.2 Å². The van der Waals surface area contributed by atoms with Crippen LogP contribution in [0.2, 0.25) is 0 Å². The van der Waals surface area contributed by atoms with E-state index in [1.165, 1.54) is 17.0 Å². The van der Waals surface area contributed by atoms with Gasteiger partial charge < -0.3 is 16.4 Å². The molecule has 4 N–H and O–H groups in total. The Bertz CT molecular complexity index is 1140. The van der Waals surface area contributed by atoms with Crippen molar-refractivity contribution < 1.29 is 14.0 Å². The van der Waals surface area contributed by atoms with Crippen LogP contribution in [0, 0.1) is 5.82 Å². The molecule has 174 valence electrons. The second kappa shape index (κ2) is 10.2. The van der Waals surface area contributed by atoms with Crippen LogP contribution in [-0.4, -0.2) is 35.9 Å². The number of para-hydroxylation sites is 1. The summed E-state index contributed by atoms with van der Waals surface area (Å²) in [5.74, 6) is -0.532. The molecule has 0 saturated carbocycles. The highest BCUT2D eigenvalue weighted by Crippen LogP contribution is 2.39. The molecule has 7 nitrogen and oxygen atoms in total. The van der Waals surface area contributed by atoms with Gasteiger partial charge in [0, 0.05) is 13.1 Å². The summed E-state index contributed by atoms with van der Waals surface area (Å²) in [6.07, 6.45) is 1.20. The summed E-state index contributed by atoms with van der Waals surface area (Å²) in [7, 11) is 0. The van der Waals surface area contributed by atoms with Crippen molar-refractivity contribution in [2.24, 2.45) is 10.7 Å². The van der Waals surface area contributed by atoms with E-state index in [9.17, 15) is 14.0 Å². The summed E-state index contributed by atoms with van der Waals surface area (Å²) in [5.41, 5.74) is 6.63. The molecule has 0 aliphatic carbocycles. The van der Waals surface area contributed by atoms with Gasteiger partial charge in [0.1, 0.15) is 5.82 Å². The van der Waals surface area contributed by atoms with Gasteiger partial charge in [-0.15, -0.1) is 0 Å². The van der Waals surface area contributed by atoms with Crippen LogP contribution in [-0.2, 0) is 10.3 Å². The Labute approximate surface area is 197 Å². The van der Waals surface area contributed by atoms with E-state index in [0.717, 1.165) is 11.1 Å². The third-order valence-electron chi connectivity index (χ3n) is 5.71. The molecule has 1 aliphatic heterocycles. The summed E-state index contributed by atoms with van der Waals surface area (Å²) in [6, 6.07) is 24.3. The van der Waals surface area contributed by atoms with Gasteiger partial charge in [0.15, 0.2) is 11.5 Å². The van der Waals surface area contributed by atoms with Crippen molar-refractivity contribution in [3.05, 3.63) is 102 Å². The lowest BCUT2D eigenvalue weighted by atomic mass is 9.83. The number of anilines is 1. The Morgan fingerprint density at radius 1 is 0.912 bits per heavy atom. The number of nitrogens with two attached hydrogens (primary N) is 1. The highest BCUT2D eigenvalue weighted by molar-refractivity contribution is 6.09. The average Bonchev–Trinajstić information content (AvgIpc) is 3.12. The molecule has 0 aromatic heterocycles. The molecule has 0 radical (unpaired) electrons. The molecular formula is C26H26FN5O2. The van der Waals surface area contributed by atoms with Crippen LogP contribution in [0.1, 0.15) is 24.0 Å². The Balaban J connectivity index is 1.37. The normalized spacial score (nSPS) is 14.6. The van der Waals surface area contributed by atoms with Crippen LogP contribution in [0.15, 0.2) is 89.9 Å². The number of amides is 3.